The Labute approximate surface area is 243 Å². The van der Waals surface area contributed by atoms with Gasteiger partial charge >= 0.3 is 169 Å². The fourth-order valence-corrected chi connectivity index (χ4v) is 5.65. The van der Waals surface area contributed by atoms with Crippen LogP contribution in [0.1, 0.15) is 98.4 Å². The predicted molar refractivity (Wildman–Crippen MR) is 175 cm³/mol. The van der Waals surface area contributed by atoms with Crippen molar-refractivity contribution in [3.63, 3.8) is 0 Å². The maximum atomic E-state index is 10.3. The Morgan fingerprint density at radius 3 is 1.97 bits per heavy atom. The first-order chi connectivity index (χ1) is 18.3. The zero-order valence-corrected chi connectivity index (χ0v) is 28.4. The Kier molecular flexibility index (Phi) is 34.1. The zero-order chi connectivity index (χ0) is 30.7. The van der Waals surface area contributed by atoms with Crippen LogP contribution in [0.5, 0.6) is 0 Å². The van der Waals surface area contributed by atoms with E-state index in [1.807, 2.05) is 95.2 Å². The number of ether oxygens (including phenoxy) is 1. The van der Waals surface area contributed by atoms with E-state index in [0.29, 0.717) is 6.42 Å². The SMILES string of the molecule is C=C/C=C(\C=C(/C)C1OC(C)CC(O)[C@H]1O)Cc1ccc(/C(C=C)=C/C)[se]1.C=CC.CC.CC.CC.CC. The zero-order valence-electron chi connectivity index (χ0n) is 26.7. The van der Waals surface area contributed by atoms with Gasteiger partial charge in [0.1, 0.15) is 0 Å². The molecule has 0 spiro atoms. The van der Waals surface area contributed by atoms with Crippen molar-refractivity contribution in [3.8, 4) is 0 Å². The van der Waals surface area contributed by atoms with Crippen LogP contribution in [0.15, 0.2) is 79.5 Å². The molecule has 0 aliphatic carbocycles. The number of rotatable bonds is 7. The summed E-state index contributed by atoms with van der Waals surface area (Å²) < 4.78 is 8.61. The van der Waals surface area contributed by atoms with E-state index in [0.717, 1.165) is 17.6 Å². The topological polar surface area (TPSA) is 49.7 Å². The van der Waals surface area contributed by atoms with E-state index in [1.165, 1.54) is 14.4 Å². The Morgan fingerprint density at radius 2 is 1.53 bits per heavy atom. The van der Waals surface area contributed by atoms with Crippen LogP contribution < -0.4 is 0 Å². The van der Waals surface area contributed by atoms with Crippen LogP contribution >= 0.6 is 0 Å². The van der Waals surface area contributed by atoms with Gasteiger partial charge in [0.05, 0.1) is 0 Å². The summed E-state index contributed by atoms with van der Waals surface area (Å²) in [4.78, 5) is 0. The van der Waals surface area contributed by atoms with Gasteiger partial charge in [-0.15, -0.1) is 6.58 Å². The normalized spacial score (nSPS) is 20.5. The van der Waals surface area contributed by atoms with Gasteiger partial charge in [-0.3, -0.25) is 0 Å². The van der Waals surface area contributed by atoms with E-state index < -0.39 is 18.3 Å². The molecule has 0 aromatic carbocycles. The molecule has 220 valence electrons. The summed E-state index contributed by atoms with van der Waals surface area (Å²) in [5.74, 6) is 0. The van der Waals surface area contributed by atoms with E-state index in [9.17, 15) is 10.2 Å². The van der Waals surface area contributed by atoms with Crippen molar-refractivity contribution >= 4 is 20.1 Å². The van der Waals surface area contributed by atoms with Gasteiger partial charge in [0.25, 0.3) is 0 Å². The summed E-state index contributed by atoms with van der Waals surface area (Å²) in [6, 6.07) is 4.38. The van der Waals surface area contributed by atoms with Crippen LogP contribution in [0, 0.1) is 0 Å². The maximum absolute atomic E-state index is 10.3. The molecule has 2 N–H and O–H groups in total. The molecule has 4 heteroatoms. The molecular formula is C34H60O3Se. The molecule has 0 bridgehead atoms. The van der Waals surface area contributed by atoms with Crippen LogP contribution in [-0.4, -0.2) is 49.1 Å². The minimum atomic E-state index is -0.893. The fraction of sp³-hybridized carbons (Fsp3) is 0.529. The molecule has 2 heterocycles. The Hall–Kier alpha value is -1.68. The van der Waals surface area contributed by atoms with Gasteiger partial charge < -0.3 is 0 Å². The fourth-order valence-electron chi connectivity index (χ4n) is 3.32. The number of allylic oxidation sites excluding steroid dienone is 8. The Balaban J connectivity index is -0.000000461. The monoisotopic (exact) mass is 596 g/mol. The minimum absolute atomic E-state index is 0.0747. The molecule has 0 radical (unpaired) electrons. The van der Waals surface area contributed by atoms with Crippen LogP contribution in [0.4, 0.5) is 0 Å². The van der Waals surface area contributed by atoms with Crippen molar-refractivity contribution in [1.82, 2.24) is 0 Å². The summed E-state index contributed by atoms with van der Waals surface area (Å²) in [6.45, 7) is 34.9. The molecule has 1 aliphatic rings. The van der Waals surface area contributed by atoms with Crippen molar-refractivity contribution in [2.24, 2.45) is 0 Å². The smallest absolute Gasteiger partial charge is 0.0473 e. The number of aliphatic hydroxyl groups excluding tert-OH is 2. The first kappa shape index (κ1) is 43.4. The van der Waals surface area contributed by atoms with Crippen LogP contribution in [0.2, 0.25) is 0 Å². The molecule has 1 fully saturated rings. The average Bonchev–Trinajstić information content (AvgIpc) is 3.40. The molecule has 1 aromatic rings. The quantitative estimate of drug-likeness (QED) is 0.188. The minimum Gasteiger partial charge on any atom is -0.103 e. The third-order valence-corrected chi connectivity index (χ3v) is 7.09. The van der Waals surface area contributed by atoms with Crippen LogP contribution in [0.25, 0.3) is 5.57 Å². The standard InChI is InChI=1S/C23H30O3Se.C3H6.4C2H6/c1-6-9-17(14-19-10-11-21(27-19)18(7-2)8-3)12-15(4)23-22(25)20(24)13-16(5)26-23;1-3-2;4*1-2/h6-12,16,20,22-25H,1-2,13-14H2,3-5H3;3H,1H2,2H3;4*1-2H3/b15-12+,17-9+,18-8+;;;;;/t16?,20?,22-,23?;;;;;/m1...../s1. The maximum Gasteiger partial charge on any atom is -0.0473 e. The van der Waals surface area contributed by atoms with Gasteiger partial charge in [0.15, 0.2) is 0 Å². The molecule has 3 unspecified atom stereocenters. The van der Waals surface area contributed by atoms with Crippen molar-refractivity contribution in [2.75, 3.05) is 0 Å². The molecule has 0 amide bonds. The predicted octanol–water partition coefficient (Wildman–Crippen LogP) is 9.13. The summed E-state index contributed by atoms with van der Waals surface area (Å²) in [7, 11) is 0. The second kappa shape index (κ2) is 29.9. The van der Waals surface area contributed by atoms with Gasteiger partial charge in [0, 0.05) is 0 Å². The third kappa shape index (κ3) is 17.8. The second-order valence-corrected chi connectivity index (χ2v) is 9.78. The summed E-state index contributed by atoms with van der Waals surface area (Å²) in [5, 5.41) is 20.4. The second-order valence-electron chi connectivity index (χ2n) is 7.33. The summed E-state index contributed by atoms with van der Waals surface area (Å²) >= 11 is 0.281. The molecule has 0 saturated carbocycles. The van der Waals surface area contributed by atoms with E-state index in [2.05, 4.69) is 44.0 Å². The van der Waals surface area contributed by atoms with Crippen molar-refractivity contribution in [2.45, 2.75) is 120 Å². The van der Waals surface area contributed by atoms with E-state index in [4.69, 9.17) is 4.74 Å². The van der Waals surface area contributed by atoms with Gasteiger partial charge in [0.2, 0.25) is 0 Å². The largest absolute Gasteiger partial charge is 0.103 e. The molecule has 1 saturated heterocycles. The molecule has 1 aromatic heterocycles. The number of hydrogen-bond acceptors (Lipinski definition) is 3. The van der Waals surface area contributed by atoms with Crippen LogP contribution in [-0.2, 0) is 11.2 Å². The first-order valence-electron chi connectivity index (χ1n) is 14.3. The molecule has 2 rings (SSSR count). The van der Waals surface area contributed by atoms with E-state index >= 15 is 0 Å². The van der Waals surface area contributed by atoms with Crippen molar-refractivity contribution in [1.29, 1.82) is 0 Å². The number of aliphatic hydroxyl groups is 2. The average molecular weight is 596 g/mol. The number of hydrogen-bond donors (Lipinski definition) is 2. The first-order valence-corrected chi connectivity index (χ1v) is 16.0. The van der Waals surface area contributed by atoms with Gasteiger partial charge in [-0.2, -0.15) is 0 Å². The Morgan fingerprint density at radius 1 is 1.00 bits per heavy atom. The molecule has 4 atom stereocenters. The summed E-state index contributed by atoms with van der Waals surface area (Å²) in [5.41, 5.74) is 3.24. The van der Waals surface area contributed by atoms with Gasteiger partial charge in [-0.05, 0) is 6.92 Å². The molecule has 38 heavy (non-hydrogen) atoms. The van der Waals surface area contributed by atoms with Gasteiger partial charge in [-0.1, -0.05) is 61.5 Å². The Bertz CT molecular complexity index is 798. The molecule has 1 aliphatic heterocycles. The van der Waals surface area contributed by atoms with E-state index in [-0.39, 0.29) is 20.6 Å². The molecular weight excluding hydrogens is 535 g/mol. The van der Waals surface area contributed by atoms with Crippen molar-refractivity contribution < 1.29 is 14.9 Å². The van der Waals surface area contributed by atoms with E-state index in [1.54, 1.807) is 12.2 Å². The summed E-state index contributed by atoms with van der Waals surface area (Å²) in [6.07, 6.45) is 10.7. The third-order valence-electron chi connectivity index (χ3n) is 4.71. The van der Waals surface area contributed by atoms with Crippen LogP contribution in [0.3, 0.4) is 0 Å². The van der Waals surface area contributed by atoms with Gasteiger partial charge in [-0.25, -0.2) is 0 Å². The van der Waals surface area contributed by atoms with Crippen molar-refractivity contribution in [3.05, 3.63) is 88.3 Å². The molecule has 3 nitrogen and oxygen atoms in total.